The second-order valence-corrected chi connectivity index (χ2v) is 4.40. The first-order chi connectivity index (χ1) is 8.99. The second kappa shape index (κ2) is 5.11. The maximum absolute atomic E-state index is 13.5. The topological polar surface area (TPSA) is 92.2 Å². The van der Waals surface area contributed by atoms with Crippen LogP contribution in [0.3, 0.4) is 0 Å². The van der Waals surface area contributed by atoms with Crippen LogP contribution < -0.4 is 5.32 Å². The number of amides is 1. The smallest absolute Gasteiger partial charge is 0.335 e. The molecular weight excluding hydrogens is 273 g/mol. The Morgan fingerprint density at radius 1 is 1.42 bits per heavy atom. The summed E-state index contributed by atoms with van der Waals surface area (Å²) in [5, 5.41) is 14.8. The molecule has 0 aliphatic heterocycles. The van der Waals surface area contributed by atoms with E-state index in [9.17, 15) is 14.0 Å². The molecule has 0 spiro atoms. The van der Waals surface area contributed by atoms with Gasteiger partial charge in [0.05, 0.1) is 16.9 Å². The Hall–Kier alpha value is -2.35. The number of benzene rings is 1. The molecule has 2 rings (SSSR count). The molecule has 8 heteroatoms. The van der Waals surface area contributed by atoms with Crippen molar-refractivity contribution < 1.29 is 19.1 Å². The fraction of sp³-hybridized carbons (Fsp3) is 0.0909. The minimum atomic E-state index is -1.20. The molecule has 0 aliphatic carbocycles. The highest BCUT2D eigenvalue weighted by Gasteiger charge is 2.16. The Labute approximate surface area is 111 Å². The Morgan fingerprint density at radius 3 is 2.74 bits per heavy atom. The summed E-state index contributed by atoms with van der Waals surface area (Å²) in [6.45, 7) is 1.60. The van der Waals surface area contributed by atoms with Crippen LogP contribution in [0.1, 0.15) is 25.7 Å². The molecule has 0 fully saturated rings. The molecule has 0 saturated heterocycles. The van der Waals surface area contributed by atoms with Gasteiger partial charge in [-0.05, 0) is 36.7 Å². The van der Waals surface area contributed by atoms with Crippen LogP contribution in [0, 0.1) is 12.7 Å². The van der Waals surface area contributed by atoms with Crippen molar-refractivity contribution in [2.45, 2.75) is 6.92 Å². The summed E-state index contributed by atoms with van der Waals surface area (Å²) < 4.78 is 17.1. The number of hydrogen-bond donors (Lipinski definition) is 2. The maximum atomic E-state index is 13.5. The molecule has 19 heavy (non-hydrogen) atoms. The van der Waals surface area contributed by atoms with Gasteiger partial charge in [-0.3, -0.25) is 4.79 Å². The molecule has 2 aromatic rings. The van der Waals surface area contributed by atoms with Gasteiger partial charge in [-0.15, -0.1) is 5.10 Å². The molecule has 1 aromatic carbocycles. The van der Waals surface area contributed by atoms with Crippen LogP contribution in [-0.2, 0) is 0 Å². The normalized spacial score (nSPS) is 10.2. The molecule has 0 aliphatic rings. The van der Waals surface area contributed by atoms with E-state index >= 15 is 0 Å². The van der Waals surface area contributed by atoms with E-state index in [-0.39, 0.29) is 16.1 Å². The number of nitrogens with one attached hydrogen (secondary N) is 1. The molecule has 0 saturated carbocycles. The summed E-state index contributed by atoms with van der Waals surface area (Å²) in [6, 6.07) is 3.16. The average molecular weight is 281 g/mol. The average Bonchev–Trinajstić information content (AvgIpc) is 2.78. The number of aromatic carboxylic acids is 1. The SMILES string of the molecule is Cc1nnsc1C(=O)Nc1cc(C(=O)O)ccc1F. The zero-order chi connectivity index (χ0) is 14.0. The fourth-order valence-corrected chi connectivity index (χ4v) is 1.92. The van der Waals surface area contributed by atoms with Gasteiger partial charge in [0.15, 0.2) is 0 Å². The maximum Gasteiger partial charge on any atom is 0.335 e. The molecule has 0 unspecified atom stereocenters. The third kappa shape index (κ3) is 2.74. The summed E-state index contributed by atoms with van der Waals surface area (Å²) >= 11 is 0.881. The van der Waals surface area contributed by atoms with Crippen molar-refractivity contribution in [3.05, 3.63) is 40.2 Å². The number of carbonyl (C=O) groups excluding carboxylic acids is 1. The van der Waals surface area contributed by atoms with Gasteiger partial charge in [0.1, 0.15) is 10.7 Å². The quantitative estimate of drug-likeness (QED) is 0.896. The lowest BCUT2D eigenvalue weighted by molar-refractivity contribution is 0.0696. The van der Waals surface area contributed by atoms with Gasteiger partial charge in [-0.1, -0.05) is 4.49 Å². The van der Waals surface area contributed by atoms with Crippen molar-refractivity contribution >= 4 is 29.1 Å². The molecule has 98 valence electrons. The lowest BCUT2D eigenvalue weighted by atomic mass is 10.2. The standard InChI is InChI=1S/C11H8FN3O3S/c1-5-9(19-15-14-5)10(16)13-8-4-6(11(17)18)2-3-7(8)12/h2-4H,1H3,(H,13,16)(H,17,18). The minimum absolute atomic E-state index is 0.115. The molecule has 2 N–H and O–H groups in total. The van der Waals surface area contributed by atoms with E-state index in [0.717, 1.165) is 29.7 Å². The number of carbonyl (C=O) groups is 2. The monoisotopic (exact) mass is 281 g/mol. The predicted octanol–water partition coefficient (Wildman–Crippen LogP) is 1.94. The lowest BCUT2D eigenvalue weighted by Gasteiger charge is -2.06. The summed E-state index contributed by atoms with van der Waals surface area (Å²) in [5.74, 6) is -2.49. The van der Waals surface area contributed by atoms with Crippen molar-refractivity contribution in [1.82, 2.24) is 9.59 Å². The van der Waals surface area contributed by atoms with Gasteiger partial charge in [0.25, 0.3) is 5.91 Å². The van der Waals surface area contributed by atoms with Crippen molar-refractivity contribution in [3.63, 3.8) is 0 Å². The van der Waals surface area contributed by atoms with E-state index in [1.54, 1.807) is 6.92 Å². The van der Waals surface area contributed by atoms with Crippen LogP contribution in [0.2, 0.25) is 0 Å². The van der Waals surface area contributed by atoms with Crippen LogP contribution in [0.4, 0.5) is 10.1 Å². The summed E-state index contributed by atoms with van der Waals surface area (Å²) in [5.41, 5.74) is 0.117. The Balaban J connectivity index is 2.28. The van der Waals surface area contributed by atoms with Gasteiger partial charge >= 0.3 is 5.97 Å². The first-order valence-corrected chi connectivity index (χ1v) is 5.89. The number of rotatable bonds is 3. The van der Waals surface area contributed by atoms with E-state index in [1.165, 1.54) is 0 Å². The summed E-state index contributed by atoms with van der Waals surface area (Å²) in [4.78, 5) is 22.9. The van der Waals surface area contributed by atoms with Crippen molar-refractivity contribution in [3.8, 4) is 0 Å². The van der Waals surface area contributed by atoms with Crippen LogP contribution in [-0.4, -0.2) is 26.6 Å². The molecule has 0 bridgehead atoms. The van der Waals surface area contributed by atoms with Gasteiger partial charge in [-0.2, -0.15) is 0 Å². The van der Waals surface area contributed by atoms with E-state index in [1.807, 2.05) is 0 Å². The molecule has 1 aromatic heterocycles. The van der Waals surface area contributed by atoms with Crippen molar-refractivity contribution in [1.29, 1.82) is 0 Å². The number of anilines is 1. The number of aryl methyl sites for hydroxylation is 1. The fourth-order valence-electron chi connectivity index (χ4n) is 1.37. The number of carboxylic acid groups (broad SMARTS) is 1. The van der Waals surface area contributed by atoms with Crippen LogP contribution >= 0.6 is 11.5 Å². The second-order valence-electron chi connectivity index (χ2n) is 3.64. The number of carboxylic acids is 1. The largest absolute Gasteiger partial charge is 0.478 e. The van der Waals surface area contributed by atoms with Gasteiger partial charge in [-0.25, -0.2) is 9.18 Å². The molecule has 1 amide bonds. The number of hydrogen-bond acceptors (Lipinski definition) is 5. The molecule has 0 radical (unpaired) electrons. The highest BCUT2D eigenvalue weighted by Crippen LogP contribution is 2.19. The van der Waals surface area contributed by atoms with Crippen LogP contribution in [0.15, 0.2) is 18.2 Å². The van der Waals surface area contributed by atoms with E-state index in [2.05, 4.69) is 14.9 Å². The number of nitrogens with zero attached hydrogens (tertiary/aromatic N) is 2. The highest BCUT2D eigenvalue weighted by molar-refractivity contribution is 7.08. The molecule has 0 atom stereocenters. The predicted molar refractivity (Wildman–Crippen MR) is 66.0 cm³/mol. The van der Waals surface area contributed by atoms with Crippen molar-refractivity contribution in [2.75, 3.05) is 5.32 Å². The van der Waals surface area contributed by atoms with Gasteiger partial charge in [0, 0.05) is 0 Å². The zero-order valence-corrected chi connectivity index (χ0v) is 10.5. The molecule has 1 heterocycles. The Kier molecular flexibility index (Phi) is 3.52. The van der Waals surface area contributed by atoms with Crippen molar-refractivity contribution in [2.24, 2.45) is 0 Å². The Morgan fingerprint density at radius 2 is 2.16 bits per heavy atom. The Bertz CT molecular complexity index is 656. The van der Waals surface area contributed by atoms with Gasteiger partial charge in [0.2, 0.25) is 0 Å². The van der Waals surface area contributed by atoms with Crippen LogP contribution in [0.25, 0.3) is 0 Å². The van der Waals surface area contributed by atoms with E-state index in [0.29, 0.717) is 5.69 Å². The highest BCUT2D eigenvalue weighted by atomic mass is 32.1. The van der Waals surface area contributed by atoms with Gasteiger partial charge < -0.3 is 10.4 Å². The van der Waals surface area contributed by atoms with E-state index in [4.69, 9.17) is 5.11 Å². The van der Waals surface area contributed by atoms with E-state index < -0.39 is 17.7 Å². The summed E-state index contributed by atoms with van der Waals surface area (Å²) in [6.07, 6.45) is 0. The first-order valence-electron chi connectivity index (χ1n) is 5.12. The minimum Gasteiger partial charge on any atom is -0.478 e. The zero-order valence-electron chi connectivity index (χ0n) is 9.68. The molecular formula is C11H8FN3O3S. The number of aromatic nitrogens is 2. The first kappa shape index (κ1) is 13.1. The summed E-state index contributed by atoms with van der Waals surface area (Å²) in [7, 11) is 0. The lowest BCUT2D eigenvalue weighted by Crippen LogP contribution is -2.13. The van der Waals surface area contributed by atoms with Crippen LogP contribution in [0.5, 0.6) is 0 Å². The molecule has 6 nitrogen and oxygen atoms in total. The third-order valence-corrected chi connectivity index (χ3v) is 3.15. The number of halogens is 1. The third-order valence-electron chi connectivity index (χ3n) is 2.32.